The van der Waals surface area contributed by atoms with Gasteiger partial charge in [0, 0.05) is 38.8 Å². The predicted molar refractivity (Wildman–Crippen MR) is 92.0 cm³/mol. The van der Waals surface area contributed by atoms with Gasteiger partial charge in [-0.1, -0.05) is 12.1 Å². The minimum Gasteiger partial charge on any atom is -0.349 e. The van der Waals surface area contributed by atoms with Gasteiger partial charge < -0.3 is 9.84 Å². The third-order valence-electron chi connectivity index (χ3n) is 4.69. The Hall–Kier alpha value is -2.22. The summed E-state index contributed by atoms with van der Waals surface area (Å²) in [6.45, 7) is 5.98. The first kappa shape index (κ1) is 17.6. The van der Waals surface area contributed by atoms with E-state index in [4.69, 9.17) is 4.52 Å². The van der Waals surface area contributed by atoms with Gasteiger partial charge in [0.25, 0.3) is 5.91 Å². The molecule has 0 aliphatic carbocycles. The summed E-state index contributed by atoms with van der Waals surface area (Å²) in [6, 6.07) is 0.294. The maximum absolute atomic E-state index is 12.2. The fourth-order valence-corrected chi connectivity index (χ4v) is 3.16. The van der Waals surface area contributed by atoms with Crippen molar-refractivity contribution in [3.63, 3.8) is 0 Å². The van der Waals surface area contributed by atoms with E-state index in [1.165, 1.54) is 0 Å². The van der Waals surface area contributed by atoms with Crippen LogP contribution in [0.2, 0.25) is 0 Å². The molecule has 2 aromatic rings. The number of nitrogens with zero attached hydrogens (tertiary/aromatic N) is 5. The topological polar surface area (TPSA) is 89.1 Å². The number of carbonyl (C=O) groups excluding carboxylic acids is 1. The molecule has 1 aliphatic heterocycles. The van der Waals surface area contributed by atoms with Gasteiger partial charge >= 0.3 is 0 Å². The third-order valence-corrected chi connectivity index (χ3v) is 4.69. The van der Waals surface area contributed by atoms with Crippen LogP contribution in [0.1, 0.15) is 61.2 Å². The summed E-state index contributed by atoms with van der Waals surface area (Å²) in [5.41, 5.74) is 0.604. The van der Waals surface area contributed by atoms with Crippen LogP contribution in [0.25, 0.3) is 0 Å². The highest BCUT2D eigenvalue weighted by Crippen LogP contribution is 2.23. The van der Waals surface area contributed by atoms with Crippen molar-refractivity contribution in [3.05, 3.63) is 29.7 Å². The predicted octanol–water partition coefficient (Wildman–Crippen LogP) is 1.71. The molecule has 1 fully saturated rings. The van der Waals surface area contributed by atoms with Crippen molar-refractivity contribution in [2.24, 2.45) is 7.05 Å². The van der Waals surface area contributed by atoms with Crippen LogP contribution >= 0.6 is 0 Å². The van der Waals surface area contributed by atoms with Crippen LogP contribution in [-0.2, 0) is 13.5 Å². The lowest BCUT2D eigenvalue weighted by Gasteiger charge is -2.34. The molecule has 136 valence electrons. The van der Waals surface area contributed by atoms with E-state index in [0.717, 1.165) is 44.6 Å². The monoisotopic (exact) mass is 346 g/mol. The van der Waals surface area contributed by atoms with E-state index in [1.807, 2.05) is 0 Å². The number of aryl methyl sites for hydroxylation is 2. The van der Waals surface area contributed by atoms with Crippen LogP contribution in [0.15, 0.2) is 16.9 Å². The van der Waals surface area contributed by atoms with Gasteiger partial charge in [-0.05, 0) is 26.2 Å². The first-order valence-corrected chi connectivity index (χ1v) is 8.93. The van der Waals surface area contributed by atoms with Gasteiger partial charge in [-0.25, -0.2) is 0 Å². The smallest absolute Gasteiger partial charge is 0.254 e. The summed E-state index contributed by atoms with van der Waals surface area (Å²) in [6.07, 6.45) is 7.00. The van der Waals surface area contributed by atoms with Crippen LogP contribution in [-0.4, -0.2) is 49.9 Å². The van der Waals surface area contributed by atoms with E-state index < -0.39 is 0 Å². The van der Waals surface area contributed by atoms with Crippen molar-refractivity contribution in [3.8, 4) is 0 Å². The highest BCUT2D eigenvalue weighted by atomic mass is 16.5. The lowest BCUT2D eigenvalue weighted by atomic mass is 10.0. The maximum Gasteiger partial charge on any atom is 0.254 e. The van der Waals surface area contributed by atoms with E-state index in [9.17, 15) is 4.79 Å². The van der Waals surface area contributed by atoms with Crippen LogP contribution in [0.4, 0.5) is 0 Å². The lowest BCUT2D eigenvalue weighted by molar-refractivity contribution is 0.0881. The van der Waals surface area contributed by atoms with Gasteiger partial charge in [-0.3, -0.25) is 14.4 Å². The Morgan fingerprint density at radius 3 is 2.84 bits per heavy atom. The summed E-state index contributed by atoms with van der Waals surface area (Å²) in [5, 5.41) is 11.2. The Morgan fingerprint density at radius 1 is 1.44 bits per heavy atom. The number of amides is 1. The van der Waals surface area contributed by atoms with Crippen LogP contribution < -0.4 is 5.32 Å². The molecule has 3 heterocycles. The van der Waals surface area contributed by atoms with Crippen LogP contribution in [0, 0.1) is 0 Å². The summed E-state index contributed by atoms with van der Waals surface area (Å²) in [4.78, 5) is 19.0. The lowest BCUT2D eigenvalue weighted by Crippen LogP contribution is -2.45. The molecule has 8 nitrogen and oxygen atoms in total. The zero-order valence-corrected chi connectivity index (χ0v) is 15.1. The zero-order chi connectivity index (χ0) is 17.8. The van der Waals surface area contributed by atoms with Crippen molar-refractivity contribution in [1.82, 2.24) is 30.1 Å². The Labute approximate surface area is 147 Å². The van der Waals surface area contributed by atoms with E-state index in [2.05, 4.69) is 39.3 Å². The average Bonchev–Trinajstić information content (AvgIpc) is 3.24. The summed E-state index contributed by atoms with van der Waals surface area (Å²) in [7, 11) is 1.81. The molecule has 1 N–H and O–H groups in total. The molecule has 0 aromatic carbocycles. The highest BCUT2D eigenvalue weighted by molar-refractivity contribution is 5.93. The summed E-state index contributed by atoms with van der Waals surface area (Å²) in [5.74, 6) is 1.41. The summed E-state index contributed by atoms with van der Waals surface area (Å²) < 4.78 is 7.04. The zero-order valence-electron chi connectivity index (χ0n) is 15.1. The number of carbonyl (C=O) groups is 1. The molecule has 1 atom stereocenters. The van der Waals surface area contributed by atoms with E-state index >= 15 is 0 Å². The number of aromatic nitrogens is 4. The van der Waals surface area contributed by atoms with Gasteiger partial charge in [0.2, 0.25) is 5.89 Å². The molecule has 2 aromatic heterocycles. The number of piperidine rings is 1. The maximum atomic E-state index is 12.2. The SMILES string of the molecule is CCCc1noc([C@@H](C)N2CCC(NC(=O)c3cnn(C)c3)CC2)n1. The Kier molecular flexibility index (Phi) is 5.47. The number of hydrogen-bond donors (Lipinski definition) is 1. The fraction of sp³-hybridized carbons (Fsp3) is 0.647. The molecule has 0 bridgehead atoms. The van der Waals surface area contributed by atoms with Crippen molar-refractivity contribution < 1.29 is 9.32 Å². The van der Waals surface area contributed by atoms with Gasteiger partial charge in [0.05, 0.1) is 17.8 Å². The van der Waals surface area contributed by atoms with Crippen LogP contribution in [0.5, 0.6) is 0 Å². The summed E-state index contributed by atoms with van der Waals surface area (Å²) >= 11 is 0. The number of hydrogen-bond acceptors (Lipinski definition) is 6. The van der Waals surface area contributed by atoms with E-state index in [-0.39, 0.29) is 18.0 Å². The second-order valence-electron chi connectivity index (χ2n) is 6.66. The Balaban J connectivity index is 1.50. The van der Waals surface area contributed by atoms with Crippen molar-refractivity contribution in [1.29, 1.82) is 0 Å². The quantitative estimate of drug-likeness (QED) is 0.856. The minimum atomic E-state index is -0.0549. The molecule has 0 radical (unpaired) electrons. The van der Waals surface area contributed by atoms with E-state index in [1.54, 1.807) is 24.1 Å². The van der Waals surface area contributed by atoms with Gasteiger partial charge in [-0.15, -0.1) is 0 Å². The second kappa shape index (κ2) is 7.77. The van der Waals surface area contributed by atoms with Gasteiger partial charge in [0.15, 0.2) is 5.82 Å². The number of likely N-dealkylation sites (tertiary alicyclic amines) is 1. The van der Waals surface area contributed by atoms with Crippen molar-refractivity contribution in [2.75, 3.05) is 13.1 Å². The molecule has 0 unspecified atom stereocenters. The van der Waals surface area contributed by atoms with Crippen molar-refractivity contribution in [2.45, 2.75) is 51.6 Å². The standard InChI is InChI=1S/C17H26N6O2/c1-4-5-15-20-17(25-21-15)12(2)23-8-6-14(7-9-23)19-16(24)13-10-18-22(3)11-13/h10-12,14H,4-9H2,1-3H3,(H,19,24)/t12-/m1/s1. The molecule has 25 heavy (non-hydrogen) atoms. The van der Waals surface area contributed by atoms with Gasteiger partial charge in [-0.2, -0.15) is 10.1 Å². The molecule has 8 heteroatoms. The molecule has 3 rings (SSSR count). The first-order valence-electron chi connectivity index (χ1n) is 8.93. The second-order valence-corrected chi connectivity index (χ2v) is 6.66. The fourth-order valence-electron chi connectivity index (χ4n) is 3.16. The molecule has 1 aliphatic rings. The normalized spacial score (nSPS) is 17.6. The van der Waals surface area contributed by atoms with Crippen LogP contribution in [0.3, 0.4) is 0 Å². The van der Waals surface area contributed by atoms with Crippen molar-refractivity contribution >= 4 is 5.91 Å². The van der Waals surface area contributed by atoms with E-state index in [0.29, 0.717) is 11.5 Å². The molecule has 1 saturated heterocycles. The Bertz CT molecular complexity index is 702. The largest absolute Gasteiger partial charge is 0.349 e. The third kappa shape index (κ3) is 4.25. The molecule has 1 amide bonds. The molecule has 0 spiro atoms. The molecular formula is C17H26N6O2. The number of rotatable bonds is 6. The minimum absolute atomic E-state index is 0.0549. The van der Waals surface area contributed by atoms with Gasteiger partial charge in [0.1, 0.15) is 0 Å². The highest BCUT2D eigenvalue weighted by Gasteiger charge is 2.27. The Morgan fingerprint density at radius 2 is 2.20 bits per heavy atom. The first-order chi connectivity index (χ1) is 12.1. The number of nitrogens with one attached hydrogen (secondary N) is 1. The molecule has 0 saturated carbocycles. The average molecular weight is 346 g/mol. The molecular weight excluding hydrogens is 320 g/mol.